The van der Waals surface area contributed by atoms with Gasteiger partial charge in [0.2, 0.25) is 0 Å². The Bertz CT molecular complexity index is 714. The molecule has 0 spiro atoms. The van der Waals surface area contributed by atoms with Crippen LogP contribution in [0, 0.1) is 5.92 Å². The van der Waals surface area contributed by atoms with Crippen molar-refractivity contribution in [2.45, 2.75) is 45.7 Å². The summed E-state index contributed by atoms with van der Waals surface area (Å²) in [6.45, 7) is 7.98. The molecule has 7 heteroatoms. The van der Waals surface area contributed by atoms with Crippen LogP contribution in [-0.4, -0.2) is 45.8 Å². The molecule has 1 aliphatic rings. The van der Waals surface area contributed by atoms with Crippen molar-refractivity contribution in [1.29, 1.82) is 0 Å². The minimum Gasteiger partial charge on any atom is -0.349 e. The van der Waals surface area contributed by atoms with Gasteiger partial charge in [0.05, 0.1) is 6.54 Å². The molecule has 1 aromatic carbocycles. The van der Waals surface area contributed by atoms with Gasteiger partial charge in [-0.05, 0) is 30.7 Å². The normalized spacial score (nSPS) is 20.3. The zero-order chi connectivity index (χ0) is 18.4. The van der Waals surface area contributed by atoms with Crippen LogP contribution >= 0.6 is 24.0 Å². The van der Waals surface area contributed by atoms with Gasteiger partial charge in [0.15, 0.2) is 11.8 Å². The van der Waals surface area contributed by atoms with Gasteiger partial charge < -0.3 is 14.8 Å². The first-order chi connectivity index (χ1) is 12.8. The van der Waals surface area contributed by atoms with Gasteiger partial charge in [0.25, 0.3) is 0 Å². The summed E-state index contributed by atoms with van der Waals surface area (Å²) in [4.78, 5) is 6.90. The predicted molar refractivity (Wildman–Crippen MR) is 120 cm³/mol. The largest absolute Gasteiger partial charge is 0.349 e. The van der Waals surface area contributed by atoms with Crippen molar-refractivity contribution in [2.24, 2.45) is 10.9 Å². The van der Waals surface area contributed by atoms with Gasteiger partial charge in [-0.1, -0.05) is 43.7 Å². The van der Waals surface area contributed by atoms with Gasteiger partial charge >= 0.3 is 0 Å². The van der Waals surface area contributed by atoms with E-state index < -0.39 is 0 Å². The van der Waals surface area contributed by atoms with E-state index in [2.05, 4.69) is 74.2 Å². The number of piperidine rings is 1. The van der Waals surface area contributed by atoms with E-state index in [1.165, 1.54) is 12.0 Å². The third kappa shape index (κ3) is 5.21. The molecule has 0 amide bonds. The first-order valence-corrected chi connectivity index (χ1v) is 9.64. The number of nitrogens with one attached hydrogen (secondary N) is 1. The van der Waals surface area contributed by atoms with E-state index in [1.54, 1.807) is 6.33 Å². The maximum absolute atomic E-state index is 4.51. The molecule has 0 radical (unpaired) electrons. The van der Waals surface area contributed by atoms with Crippen LogP contribution in [0.2, 0.25) is 0 Å². The maximum Gasteiger partial charge on any atom is 0.194 e. The smallest absolute Gasteiger partial charge is 0.194 e. The Labute approximate surface area is 179 Å². The average molecular weight is 482 g/mol. The quantitative estimate of drug-likeness (QED) is 0.403. The number of likely N-dealkylation sites (tertiary alicyclic amines) is 1. The summed E-state index contributed by atoms with van der Waals surface area (Å²) in [5, 5.41) is 11.7. The molecule has 2 atom stereocenters. The average Bonchev–Trinajstić information content (AvgIpc) is 3.16. The van der Waals surface area contributed by atoms with E-state index in [-0.39, 0.29) is 24.0 Å². The molecule has 6 nitrogen and oxygen atoms in total. The highest BCUT2D eigenvalue weighted by molar-refractivity contribution is 14.0. The summed E-state index contributed by atoms with van der Waals surface area (Å²) < 4.78 is 2.05. The van der Waals surface area contributed by atoms with Crippen LogP contribution in [0.3, 0.4) is 0 Å². The van der Waals surface area contributed by atoms with E-state index in [4.69, 9.17) is 0 Å². The molecule has 1 saturated heterocycles. The molecular weight excluding hydrogens is 451 g/mol. The topological polar surface area (TPSA) is 58.3 Å². The van der Waals surface area contributed by atoms with Gasteiger partial charge in [-0.3, -0.25) is 4.99 Å². The van der Waals surface area contributed by atoms with Crippen LogP contribution in [0.1, 0.15) is 44.0 Å². The number of rotatable bonds is 5. The Kier molecular flexibility index (Phi) is 8.53. The molecule has 2 heterocycles. The lowest BCUT2D eigenvalue weighted by molar-refractivity contribution is 0.215. The number of hydrogen-bond acceptors (Lipinski definition) is 3. The number of guanidine groups is 1. The third-order valence-corrected chi connectivity index (χ3v) is 5.44. The van der Waals surface area contributed by atoms with Gasteiger partial charge in [0.1, 0.15) is 6.33 Å². The van der Waals surface area contributed by atoms with E-state index >= 15 is 0 Å². The van der Waals surface area contributed by atoms with Gasteiger partial charge in [-0.2, -0.15) is 0 Å². The number of halogens is 1. The van der Waals surface area contributed by atoms with Gasteiger partial charge in [-0.15, -0.1) is 34.2 Å². The van der Waals surface area contributed by atoms with Crippen molar-refractivity contribution >= 4 is 29.9 Å². The fourth-order valence-electron chi connectivity index (χ4n) is 3.95. The molecule has 0 saturated carbocycles. The molecule has 148 valence electrons. The summed E-state index contributed by atoms with van der Waals surface area (Å²) in [5.41, 5.74) is 1.47. The predicted octanol–water partition coefficient (Wildman–Crippen LogP) is 3.51. The van der Waals surface area contributed by atoms with Crippen molar-refractivity contribution in [3.8, 4) is 0 Å². The monoisotopic (exact) mass is 482 g/mol. The zero-order valence-corrected chi connectivity index (χ0v) is 18.8. The number of aromatic nitrogens is 3. The molecular formula is C20H31IN6. The van der Waals surface area contributed by atoms with Crippen LogP contribution < -0.4 is 5.32 Å². The van der Waals surface area contributed by atoms with Crippen molar-refractivity contribution in [2.75, 3.05) is 20.1 Å². The molecule has 2 aromatic rings. The Morgan fingerprint density at radius 1 is 1.26 bits per heavy atom. The Morgan fingerprint density at radius 2 is 2.04 bits per heavy atom. The summed E-state index contributed by atoms with van der Waals surface area (Å²) in [5.74, 6) is 3.18. The lowest BCUT2D eigenvalue weighted by Crippen LogP contribution is -2.48. The van der Waals surface area contributed by atoms with Crippen LogP contribution in [-0.2, 0) is 13.1 Å². The van der Waals surface area contributed by atoms with E-state index in [1.807, 2.05) is 7.05 Å². The molecule has 1 aliphatic heterocycles. The second-order valence-corrected chi connectivity index (χ2v) is 6.85. The minimum atomic E-state index is 0. The lowest BCUT2D eigenvalue weighted by atomic mass is 9.79. The summed E-state index contributed by atoms with van der Waals surface area (Å²) in [6, 6.07) is 10.9. The number of hydrogen-bond donors (Lipinski definition) is 1. The van der Waals surface area contributed by atoms with Gasteiger partial charge in [-0.25, -0.2) is 0 Å². The minimum absolute atomic E-state index is 0. The zero-order valence-electron chi connectivity index (χ0n) is 16.5. The SMILES string of the molecule is CCC1CN(C(=NC)NCc2nncn2CC)CCC1c1ccccc1.I. The first-order valence-electron chi connectivity index (χ1n) is 9.64. The van der Waals surface area contributed by atoms with Gasteiger partial charge in [0, 0.05) is 26.7 Å². The summed E-state index contributed by atoms with van der Waals surface area (Å²) >= 11 is 0. The second-order valence-electron chi connectivity index (χ2n) is 6.85. The molecule has 1 N–H and O–H groups in total. The number of nitrogens with zero attached hydrogens (tertiary/aromatic N) is 5. The first kappa shape index (κ1) is 21.7. The van der Waals surface area contributed by atoms with Crippen LogP contribution in [0.15, 0.2) is 41.7 Å². The highest BCUT2D eigenvalue weighted by Crippen LogP contribution is 2.34. The highest BCUT2D eigenvalue weighted by Gasteiger charge is 2.30. The van der Waals surface area contributed by atoms with E-state index in [9.17, 15) is 0 Å². The van der Waals surface area contributed by atoms with Crippen molar-refractivity contribution in [1.82, 2.24) is 25.0 Å². The third-order valence-electron chi connectivity index (χ3n) is 5.44. The van der Waals surface area contributed by atoms with E-state index in [0.717, 1.165) is 37.8 Å². The van der Waals surface area contributed by atoms with E-state index in [0.29, 0.717) is 18.4 Å². The molecule has 2 unspecified atom stereocenters. The highest BCUT2D eigenvalue weighted by atomic mass is 127. The Morgan fingerprint density at radius 3 is 2.70 bits per heavy atom. The van der Waals surface area contributed by atoms with Crippen LogP contribution in [0.5, 0.6) is 0 Å². The molecule has 1 aromatic heterocycles. The van der Waals surface area contributed by atoms with Crippen molar-refractivity contribution in [3.63, 3.8) is 0 Å². The maximum atomic E-state index is 4.51. The fourth-order valence-corrected chi connectivity index (χ4v) is 3.95. The Hall–Kier alpha value is -1.64. The number of aliphatic imine (C=N–C) groups is 1. The summed E-state index contributed by atoms with van der Waals surface area (Å²) in [6.07, 6.45) is 4.11. The van der Waals surface area contributed by atoms with Crippen molar-refractivity contribution in [3.05, 3.63) is 48.0 Å². The molecule has 0 bridgehead atoms. The lowest BCUT2D eigenvalue weighted by Gasteiger charge is -2.40. The van der Waals surface area contributed by atoms with Crippen LogP contribution in [0.4, 0.5) is 0 Å². The molecule has 3 rings (SSSR count). The second kappa shape index (κ2) is 10.6. The molecule has 1 fully saturated rings. The van der Waals surface area contributed by atoms with Crippen LogP contribution in [0.25, 0.3) is 0 Å². The standard InChI is InChI=1S/C20H30N6.HI/c1-4-16-14-26(12-11-18(16)17-9-7-6-8-10-17)20(21-3)22-13-19-24-23-15-25(19)5-2;/h6-10,15-16,18H,4-5,11-14H2,1-3H3,(H,21,22);1H. The number of aryl methyl sites for hydroxylation is 1. The molecule has 0 aliphatic carbocycles. The summed E-state index contributed by atoms with van der Waals surface area (Å²) in [7, 11) is 1.86. The molecule has 27 heavy (non-hydrogen) atoms. The fraction of sp³-hybridized carbons (Fsp3) is 0.550. The van der Waals surface area contributed by atoms with Crippen molar-refractivity contribution < 1.29 is 0 Å². The number of benzene rings is 1. The Balaban J connectivity index is 0.00000261.